The van der Waals surface area contributed by atoms with Gasteiger partial charge in [0.05, 0.1) is 27.3 Å². The van der Waals surface area contributed by atoms with Crippen molar-refractivity contribution in [2.75, 3.05) is 0 Å². The van der Waals surface area contributed by atoms with Crippen LogP contribution in [0.3, 0.4) is 0 Å². The summed E-state index contributed by atoms with van der Waals surface area (Å²) in [7, 11) is 0. The maximum Gasteiger partial charge on any atom is 0.209 e. The van der Waals surface area contributed by atoms with Gasteiger partial charge in [0.2, 0.25) is 5.43 Å². The second kappa shape index (κ2) is 5.57. The summed E-state index contributed by atoms with van der Waals surface area (Å²) in [6.07, 6.45) is 5.13. The minimum atomic E-state index is -0.163. The molecule has 0 spiro atoms. The van der Waals surface area contributed by atoms with Crippen LogP contribution in [0.1, 0.15) is 5.01 Å². The highest BCUT2D eigenvalue weighted by atomic mass is 32.1. The molecule has 0 unspecified atom stereocenters. The van der Waals surface area contributed by atoms with Gasteiger partial charge in [-0.25, -0.2) is 15.0 Å². The number of aromatic amines is 2. The van der Waals surface area contributed by atoms with Crippen molar-refractivity contribution in [2.45, 2.75) is 6.92 Å². The third-order valence-electron chi connectivity index (χ3n) is 4.15. The molecule has 0 saturated heterocycles. The topological polar surface area (TPSA) is 100 Å². The first kappa shape index (κ1) is 14.9. The first-order valence-electron chi connectivity index (χ1n) is 7.95. The Bertz CT molecular complexity index is 1330. The first-order chi connectivity index (χ1) is 12.7. The number of thiazole rings is 1. The Kier molecular flexibility index (Phi) is 3.19. The molecule has 8 heteroatoms. The van der Waals surface area contributed by atoms with Gasteiger partial charge in [0, 0.05) is 29.4 Å². The van der Waals surface area contributed by atoms with Crippen LogP contribution in [-0.4, -0.2) is 30.1 Å². The molecule has 1 aromatic carbocycles. The predicted octanol–water partition coefficient (Wildman–Crippen LogP) is 3.29. The van der Waals surface area contributed by atoms with E-state index in [0.717, 1.165) is 26.4 Å². The van der Waals surface area contributed by atoms with Crippen LogP contribution in [0.2, 0.25) is 0 Å². The fraction of sp³-hybridized carbons (Fsp3) is 0.0556. The van der Waals surface area contributed by atoms with Gasteiger partial charge in [0.1, 0.15) is 5.69 Å². The second-order valence-electron chi connectivity index (χ2n) is 5.88. The highest BCUT2D eigenvalue weighted by Gasteiger charge is 2.17. The van der Waals surface area contributed by atoms with E-state index in [4.69, 9.17) is 4.98 Å². The molecule has 0 aliphatic carbocycles. The number of hydrogen-bond acceptors (Lipinski definition) is 6. The molecule has 0 radical (unpaired) electrons. The van der Waals surface area contributed by atoms with Gasteiger partial charge in [-0.05, 0) is 19.1 Å². The molecule has 26 heavy (non-hydrogen) atoms. The number of aryl methyl sites for hydroxylation is 1. The van der Waals surface area contributed by atoms with Gasteiger partial charge in [-0.3, -0.25) is 9.89 Å². The molecule has 5 rings (SSSR count). The number of aromatic nitrogens is 6. The van der Waals surface area contributed by atoms with Gasteiger partial charge in [-0.2, -0.15) is 5.10 Å². The molecular weight excluding hydrogens is 348 g/mol. The smallest absolute Gasteiger partial charge is 0.209 e. The van der Waals surface area contributed by atoms with Crippen LogP contribution in [0.4, 0.5) is 0 Å². The lowest BCUT2D eigenvalue weighted by atomic mass is 10.1. The van der Waals surface area contributed by atoms with Gasteiger partial charge < -0.3 is 4.98 Å². The maximum atomic E-state index is 12.2. The van der Waals surface area contributed by atoms with Gasteiger partial charge in [-0.15, -0.1) is 11.3 Å². The predicted molar refractivity (Wildman–Crippen MR) is 101 cm³/mol. The van der Waals surface area contributed by atoms with Gasteiger partial charge in [-0.1, -0.05) is 6.07 Å². The average Bonchev–Trinajstić information content (AvgIpc) is 3.29. The Hall–Kier alpha value is -3.39. The molecule has 0 aliphatic rings. The van der Waals surface area contributed by atoms with E-state index in [2.05, 4.69) is 25.1 Å². The van der Waals surface area contributed by atoms with Gasteiger partial charge in [0.15, 0.2) is 11.2 Å². The fourth-order valence-electron chi connectivity index (χ4n) is 2.92. The van der Waals surface area contributed by atoms with Crippen LogP contribution in [0.25, 0.3) is 43.9 Å². The summed E-state index contributed by atoms with van der Waals surface area (Å²) in [6, 6.07) is 7.34. The number of fused-ring (bicyclic) bond motifs is 2. The van der Waals surface area contributed by atoms with E-state index in [0.29, 0.717) is 22.6 Å². The van der Waals surface area contributed by atoms with Crippen molar-refractivity contribution < 1.29 is 0 Å². The zero-order valence-corrected chi connectivity index (χ0v) is 14.5. The lowest BCUT2D eigenvalue weighted by molar-refractivity contribution is 1.12. The van der Waals surface area contributed by atoms with Crippen LogP contribution in [0.15, 0.2) is 47.7 Å². The Balaban J connectivity index is 1.86. The van der Waals surface area contributed by atoms with E-state index < -0.39 is 0 Å². The number of nitrogens with zero attached hydrogens (tertiary/aromatic N) is 4. The third kappa shape index (κ3) is 2.31. The fourth-order valence-corrected chi connectivity index (χ4v) is 3.69. The van der Waals surface area contributed by atoms with Crippen molar-refractivity contribution in [3.63, 3.8) is 0 Å². The van der Waals surface area contributed by atoms with Crippen molar-refractivity contribution in [1.82, 2.24) is 30.1 Å². The lowest BCUT2D eigenvalue weighted by Gasteiger charge is -2.08. The minimum Gasteiger partial charge on any atom is -0.345 e. The van der Waals surface area contributed by atoms with Crippen LogP contribution in [0, 0.1) is 6.92 Å². The van der Waals surface area contributed by atoms with E-state index in [9.17, 15) is 4.79 Å². The summed E-state index contributed by atoms with van der Waals surface area (Å²) < 4.78 is 0. The van der Waals surface area contributed by atoms with Crippen LogP contribution in [0.5, 0.6) is 0 Å². The van der Waals surface area contributed by atoms with E-state index in [1.165, 1.54) is 6.07 Å². The van der Waals surface area contributed by atoms with E-state index in [-0.39, 0.29) is 5.43 Å². The zero-order valence-electron chi connectivity index (χ0n) is 13.6. The second-order valence-corrected chi connectivity index (χ2v) is 7.11. The molecule has 5 aromatic rings. The molecule has 7 nitrogen and oxygen atoms in total. The molecule has 0 fully saturated rings. The Morgan fingerprint density at radius 1 is 1.08 bits per heavy atom. The van der Waals surface area contributed by atoms with Crippen molar-refractivity contribution in [2.24, 2.45) is 0 Å². The van der Waals surface area contributed by atoms with E-state index in [1.54, 1.807) is 29.9 Å². The van der Waals surface area contributed by atoms with E-state index in [1.807, 2.05) is 25.1 Å². The Morgan fingerprint density at radius 3 is 2.85 bits per heavy atom. The van der Waals surface area contributed by atoms with Crippen LogP contribution >= 0.6 is 11.3 Å². The molecule has 0 amide bonds. The third-order valence-corrected chi connectivity index (χ3v) is 5.07. The minimum absolute atomic E-state index is 0.163. The highest BCUT2D eigenvalue weighted by Crippen LogP contribution is 2.34. The van der Waals surface area contributed by atoms with E-state index >= 15 is 0 Å². The van der Waals surface area contributed by atoms with Gasteiger partial charge in [0.25, 0.3) is 0 Å². The molecule has 4 heterocycles. The molecule has 126 valence electrons. The number of H-pyrrole nitrogens is 2. The molecule has 0 atom stereocenters. The Morgan fingerprint density at radius 2 is 2.00 bits per heavy atom. The summed E-state index contributed by atoms with van der Waals surface area (Å²) in [4.78, 5) is 29.8. The normalized spacial score (nSPS) is 11.4. The lowest BCUT2D eigenvalue weighted by Crippen LogP contribution is -2.06. The van der Waals surface area contributed by atoms with Crippen molar-refractivity contribution in [3.05, 3.63) is 58.1 Å². The number of benzene rings is 1. The largest absolute Gasteiger partial charge is 0.345 e. The first-order valence-corrected chi connectivity index (χ1v) is 8.76. The maximum absolute atomic E-state index is 12.2. The summed E-state index contributed by atoms with van der Waals surface area (Å²) in [5.74, 6) is 0. The highest BCUT2D eigenvalue weighted by molar-refractivity contribution is 7.15. The standard InChI is InChI=1S/C18H12N6OS/c1-9-20-8-14(26-9)17-15(10-2-3-12-11(6-10)7-21-24-12)22-16-13(25)4-5-19-18(16)23-17/h2-8H,1H3,(H,21,24)(H,19,23,25). The number of rotatable bonds is 2. The molecule has 0 saturated carbocycles. The van der Waals surface area contributed by atoms with Crippen LogP contribution in [-0.2, 0) is 0 Å². The van der Waals surface area contributed by atoms with Crippen LogP contribution < -0.4 is 5.43 Å². The average molecular weight is 360 g/mol. The Labute approximate surface area is 150 Å². The summed E-state index contributed by atoms with van der Waals surface area (Å²) >= 11 is 1.54. The van der Waals surface area contributed by atoms with Gasteiger partial charge >= 0.3 is 0 Å². The molecule has 4 aromatic heterocycles. The number of nitrogens with one attached hydrogen (secondary N) is 2. The SMILES string of the molecule is Cc1ncc(-c2nc3[nH]ccc(=O)c3nc2-c2ccc3[nH]ncc3c2)s1. The molecule has 0 aliphatic heterocycles. The van der Waals surface area contributed by atoms with Crippen molar-refractivity contribution in [1.29, 1.82) is 0 Å². The summed E-state index contributed by atoms with van der Waals surface area (Å²) in [5.41, 5.74) is 3.79. The number of pyridine rings is 1. The monoisotopic (exact) mass is 360 g/mol. The quantitative estimate of drug-likeness (QED) is 0.503. The molecule has 2 N–H and O–H groups in total. The zero-order chi connectivity index (χ0) is 17.7. The van der Waals surface area contributed by atoms with Crippen molar-refractivity contribution in [3.8, 4) is 21.8 Å². The number of hydrogen-bond donors (Lipinski definition) is 2. The summed E-state index contributed by atoms with van der Waals surface area (Å²) in [6.45, 7) is 1.95. The molecular formula is C18H12N6OS. The summed E-state index contributed by atoms with van der Waals surface area (Å²) in [5, 5.41) is 8.91. The molecule has 0 bridgehead atoms. The van der Waals surface area contributed by atoms with Crippen molar-refractivity contribution >= 4 is 33.4 Å².